The predicted octanol–water partition coefficient (Wildman–Crippen LogP) is 3.85. The number of thiazole rings is 1. The number of hydrogen-bond donors (Lipinski definition) is 2. The Morgan fingerprint density at radius 2 is 1.76 bits per heavy atom. The number of hydrogen-bond acceptors (Lipinski definition) is 9. The average molecular weight is 487 g/mol. The lowest BCUT2D eigenvalue weighted by molar-refractivity contribution is -0.222. The van der Waals surface area contributed by atoms with Crippen molar-refractivity contribution in [2.75, 3.05) is 5.32 Å². The summed E-state index contributed by atoms with van der Waals surface area (Å²) < 4.78 is 44.6. The summed E-state index contributed by atoms with van der Waals surface area (Å²) in [5, 5.41) is 3.33. The van der Waals surface area contributed by atoms with Crippen LogP contribution in [0.3, 0.4) is 0 Å². The molecule has 0 atom stereocenters. The van der Waals surface area contributed by atoms with E-state index in [2.05, 4.69) is 10.3 Å². The first-order valence-corrected chi connectivity index (χ1v) is 11.9. The Morgan fingerprint density at radius 1 is 1.06 bits per heavy atom. The van der Waals surface area contributed by atoms with Crippen molar-refractivity contribution in [3.05, 3.63) is 64.8 Å². The van der Waals surface area contributed by atoms with Gasteiger partial charge in [-0.15, -0.1) is 11.3 Å². The lowest BCUT2D eigenvalue weighted by Crippen LogP contribution is -2.42. The molecule has 1 saturated heterocycles. The molecule has 0 spiro atoms. The van der Waals surface area contributed by atoms with Gasteiger partial charge in [-0.25, -0.2) is 14.6 Å². The molecule has 3 aromatic rings. The van der Waals surface area contributed by atoms with Crippen LogP contribution in [0.15, 0.2) is 59.1 Å². The fourth-order valence-electron chi connectivity index (χ4n) is 3.04. The second-order valence-electron chi connectivity index (χ2n) is 7.46. The Labute approximate surface area is 193 Å². The molecule has 4 rings (SSSR count). The van der Waals surface area contributed by atoms with Gasteiger partial charge in [0.2, 0.25) is 0 Å². The van der Waals surface area contributed by atoms with E-state index >= 15 is 0 Å². The Balaban J connectivity index is 1.61. The Kier molecular flexibility index (Phi) is 5.78. The van der Waals surface area contributed by atoms with Crippen molar-refractivity contribution in [3.8, 4) is 0 Å². The van der Waals surface area contributed by atoms with Crippen LogP contribution >= 0.6 is 11.3 Å². The maximum absolute atomic E-state index is 12.0. The maximum atomic E-state index is 12.0. The number of cyclic esters (lactones) is 2. The summed E-state index contributed by atoms with van der Waals surface area (Å²) in [4.78, 5) is 28.1. The van der Waals surface area contributed by atoms with Gasteiger partial charge >= 0.3 is 11.9 Å². The van der Waals surface area contributed by atoms with Gasteiger partial charge in [0.1, 0.15) is 9.90 Å². The topological polar surface area (TPSA) is 132 Å². The smallest absolute Gasteiger partial charge is 0.350 e. The Bertz CT molecular complexity index is 1380. The molecule has 0 amide bonds. The zero-order chi connectivity index (χ0) is 23.8. The van der Waals surface area contributed by atoms with Gasteiger partial charge in [-0.3, -0.25) is 4.55 Å². The quantitative estimate of drug-likeness (QED) is 0.239. The highest BCUT2D eigenvalue weighted by Gasteiger charge is 2.38. The van der Waals surface area contributed by atoms with Crippen molar-refractivity contribution in [2.45, 2.75) is 24.5 Å². The molecular formula is C22H18N2O7S2. The van der Waals surface area contributed by atoms with Crippen molar-refractivity contribution in [1.82, 2.24) is 4.98 Å². The standard InChI is InChI=1S/C22H18N2O7S2/c1-22(2)30-20(25)15(21(26)31-22)12-23-14-9-7-13(18(11-14)33(27,28)29)8-10-19-24-16-5-3-4-6-17(16)32-19/h3-12,23H,1-2H3,(H,27,28,29). The van der Waals surface area contributed by atoms with Crippen LogP contribution in [-0.2, 0) is 29.2 Å². The minimum atomic E-state index is -4.58. The molecule has 0 aliphatic carbocycles. The molecular weight excluding hydrogens is 468 g/mol. The molecule has 0 radical (unpaired) electrons. The fourth-order valence-corrected chi connectivity index (χ4v) is 4.62. The predicted molar refractivity (Wildman–Crippen MR) is 123 cm³/mol. The molecule has 0 bridgehead atoms. The van der Waals surface area contributed by atoms with Crippen molar-refractivity contribution in [2.24, 2.45) is 0 Å². The number of aromatic nitrogens is 1. The van der Waals surface area contributed by atoms with Gasteiger partial charge in [0.05, 0.1) is 10.2 Å². The summed E-state index contributed by atoms with van der Waals surface area (Å²) in [6.07, 6.45) is 4.24. The van der Waals surface area contributed by atoms with Crippen LogP contribution in [0.2, 0.25) is 0 Å². The molecule has 9 nitrogen and oxygen atoms in total. The number of rotatable bonds is 5. The van der Waals surface area contributed by atoms with E-state index in [1.807, 2.05) is 24.3 Å². The molecule has 1 fully saturated rings. The van der Waals surface area contributed by atoms with Gasteiger partial charge in [0.25, 0.3) is 15.9 Å². The molecule has 2 N–H and O–H groups in total. The second-order valence-corrected chi connectivity index (χ2v) is 9.91. The van der Waals surface area contributed by atoms with Gasteiger partial charge in [-0.05, 0) is 35.9 Å². The first-order chi connectivity index (χ1) is 15.5. The van der Waals surface area contributed by atoms with Crippen LogP contribution in [0.1, 0.15) is 24.4 Å². The third kappa shape index (κ3) is 5.11. The third-order valence-electron chi connectivity index (χ3n) is 4.51. The maximum Gasteiger partial charge on any atom is 0.350 e. The normalized spacial score (nSPS) is 16.0. The average Bonchev–Trinajstić information content (AvgIpc) is 3.13. The van der Waals surface area contributed by atoms with E-state index in [0.717, 1.165) is 16.4 Å². The number of nitrogens with zero attached hydrogens (tertiary/aromatic N) is 1. The van der Waals surface area contributed by atoms with Crippen LogP contribution in [0.5, 0.6) is 0 Å². The minimum absolute atomic E-state index is 0.206. The molecule has 2 aromatic carbocycles. The number of benzene rings is 2. The Hall–Kier alpha value is -3.54. The lowest BCUT2D eigenvalue weighted by Gasteiger charge is -2.29. The van der Waals surface area contributed by atoms with Gasteiger partial charge in [-0.2, -0.15) is 8.42 Å². The number of carbonyl (C=O) groups is 2. The van der Waals surface area contributed by atoms with E-state index in [1.165, 1.54) is 49.5 Å². The van der Waals surface area contributed by atoms with Crippen molar-refractivity contribution < 1.29 is 32.0 Å². The molecule has 1 aromatic heterocycles. The molecule has 170 valence electrons. The number of nitrogens with one attached hydrogen (secondary N) is 1. The summed E-state index contributed by atoms with van der Waals surface area (Å²) in [6, 6.07) is 11.7. The third-order valence-corrected chi connectivity index (χ3v) is 6.42. The summed E-state index contributed by atoms with van der Waals surface area (Å²) in [6.45, 7) is 2.85. The number of para-hydroxylation sites is 1. The van der Waals surface area contributed by atoms with E-state index in [9.17, 15) is 22.6 Å². The molecule has 0 saturated carbocycles. The second kappa shape index (κ2) is 8.43. The summed E-state index contributed by atoms with van der Waals surface area (Å²) in [7, 11) is -4.58. The first-order valence-electron chi connectivity index (χ1n) is 9.60. The number of anilines is 1. The molecule has 11 heteroatoms. The van der Waals surface area contributed by atoms with Crippen LogP contribution in [0.4, 0.5) is 5.69 Å². The zero-order valence-electron chi connectivity index (χ0n) is 17.4. The first kappa shape index (κ1) is 22.6. The highest BCUT2D eigenvalue weighted by Crippen LogP contribution is 2.27. The number of ether oxygens (including phenoxy) is 2. The highest BCUT2D eigenvalue weighted by atomic mass is 32.2. The summed E-state index contributed by atoms with van der Waals surface area (Å²) in [5.41, 5.74) is 0.876. The van der Waals surface area contributed by atoms with Crippen molar-refractivity contribution in [3.63, 3.8) is 0 Å². The Morgan fingerprint density at radius 3 is 2.42 bits per heavy atom. The number of fused-ring (bicyclic) bond motifs is 1. The molecule has 33 heavy (non-hydrogen) atoms. The van der Waals surface area contributed by atoms with Crippen LogP contribution < -0.4 is 5.32 Å². The minimum Gasteiger partial charge on any atom is -0.419 e. The molecule has 1 aliphatic heterocycles. The van der Waals surface area contributed by atoms with Gasteiger partial charge in [0, 0.05) is 25.7 Å². The lowest BCUT2D eigenvalue weighted by atomic mass is 10.2. The van der Waals surface area contributed by atoms with Crippen LogP contribution in [0, 0.1) is 0 Å². The monoisotopic (exact) mass is 486 g/mol. The van der Waals surface area contributed by atoms with E-state index < -0.39 is 27.8 Å². The number of esters is 2. The van der Waals surface area contributed by atoms with Gasteiger partial charge in [-0.1, -0.05) is 24.3 Å². The summed E-state index contributed by atoms with van der Waals surface area (Å²) >= 11 is 1.44. The fraction of sp³-hybridized carbons (Fsp3) is 0.136. The van der Waals surface area contributed by atoms with E-state index in [1.54, 1.807) is 6.08 Å². The SMILES string of the molecule is CC1(C)OC(=O)C(=CNc2ccc(C=Cc3nc4ccccc4s3)c(S(=O)(=O)O)c2)C(=O)O1. The molecule has 1 aliphatic rings. The van der Waals surface area contributed by atoms with Crippen LogP contribution in [-0.4, -0.2) is 35.7 Å². The highest BCUT2D eigenvalue weighted by molar-refractivity contribution is 7.86. The van der Waals surface area contributed by atoms with Crippen LogP contribution in [0.25, 0.3) is 22.4 Å². The molecule has 2 heterocycles. The van der Waals surface area contributed by atoms with Gasteiger partial charge in [0.15, 0.2) is 5.57 Å². The largest absolute Gasteiger partial charge is 0.419 e. The van der Waals surface area contributed by atoms with E-state index in [-0.39, 0.29) is 21.7 Å². The zero-order valence-corrected chi connectivity index (χ0v) is 19.1. The number of carbonyl (C=O) groups excluding carboxylic acids is 2. The van der Waals surface area contributed by atoms with Crippen molar-refractivity contribution >= 4 is 61.4 Å². The van der Waals surface area contributed by atoms with Gasteiger partial charge < -0.3 is 14.8 Å². The summed E-state index contributed by atoms with van der Waals surface area (Å²) in [5.74, 6) is -3.13. The molecule has 0 unspecified atom stereocenters. The van der Waals surface area contributed by atoms with Crippen molar-refractivity contribution in [1.29, 1.82) is 0 Å². The van der Waals surface area contributed by atoms with E-state index in [4.69, 9.17) is 9.47 Å². The van der Waals surface area contributed by atoms with E-state index in [0.29, 0.717) is 5.01 Å².